The molecule has 2 aliphatic heterocycles. The molecule has 2 unspecified atom stereocenters. The van der Waals surface area contributed by atoms with Crippen molar-refractivity contribution in [2.45, 2.75) is 31.8 Å². The lowest BCUT2D eigenvalue weighted by Crippen LogP contribution is -2.27. The Morgan fingerprint density at radius 1 is 1.30 bits per heavy atom. The highest BCUT2D eigenvalue weighted by Gasteiger charge is 2.47. The molecular formula is C16H15N3O3S. The summed E-state index contributed by atoms with van der Waals surface area (Å²) in [5, 5.41) is 9.66. The molecule has 0 saturated carbocycles. The SMILES string of the molecule is Cc1ncc(C(=O)N2C3CCC2c2cc(C(=O)NO)ccc23)s1. The van der Waals surface area contributed by atoms with Crippen LogP contribution in [-0.4, -0.2) is 26.9 Å². The van der Waals surface area contributed by atoms with Crippen molar-refractivity contribution in [3.63, 3.8) is 0 Å². The van der Waals surface area contributed by atoms with E-state index < -0.39 is 5.91 Å². The topological polar surface area (TPSA) is 82.5 Å². The summed E-state index contributed by atoms with van der Waals surface area (Å²) in [5.74, 6) is -0.529. The molecule has 4 rings (SSSR count). The lowest BCUT2D eigenvalue weighted by Gasteiger charge is -2.21. The molecule has 0 radical (unpaired) electrons. The number of benzene rings is 1. The van der Waals surface area contributed by atoms with E-state index in [0.29, 0.717) is 10.4 Å². The van der Waals surface area contributed by atoms with E-state index in [1.165, 1.54) is 11.3 Å². The van der Waals surface area contributed by atoms with Gasteiger partial charge in [0.05, 0.1) is 23.3 Å². The number of amides is 2. The van der Waals surface area contributed by atoms with Gasteiger partial charge in [0, 0.05) is 5.56 Å². The van der Waals surface area contributed by atoms with Crippen LogP contribution in [0.2, 0.25) is 0 Å². The van der Waals surface area contributed by atoms with Gasteiger partial charge in [-0.15, -0.1) is 11.3 Å². The van der Waals surface area contributed by atoms with E-state index in [1.807, 2.05) is 17.9 Å². The number of carbonyl (C=O) groups excluding carboxylic acids is 2. The van der Waals surface area contributed by atoms with Crippen LogP contribution in [0.15, 0.2) is 24.4 Å². The number of thiazole rings is 1. The molecule has 0 aliphatic carbocycles. The first-order valence-electron chi connectivity index (χ1n) is 7.43. The molecule has 1 fully saturated rings. The van der Waals surface area contributed by atoms with E-state index in [0.717, 1.165) is 29.0 Å². The van der Waals surface area contributed by atoms with Crippen LogP contribution in [0.1, 0.15) is 61.1 Å². The van der Waals surface area contributed by atoms with Gasteiger partial charge in [-0.1, -0.05) is 6.07 Å². The zero-order chi connectivity index (χ0) is 16.1. The van der Waals surface area contributed by atoms with Crippen molar-refractivity contribution in [2.75, 3.05) is 0 Å². The van der Waals surface area contributed by atoms with Gasteiger partial charge in [0.25, 0.3) is 11.8 Å². The highest BCUT2D eigenvalue weighted by atomic mass is 32.1. The van der Waals surface area contributed by atoms with E-state index in [1.54, 1.807) is 23.8 Å². The molecular weight excluding hydrogens is 314 g/mol. The maximum absolute atomic E-state index is 12.8. The van der Waals surface area contributed by atoms with E-state index in [9.17, 15) is 9.59 Å². The molecule has 23 heavy (non-hydrogen) atoms. The van der Waals surface area contributed by atoms with Gasteiger partial charge in [0.15, 0.2) is 0 Å². The van der Waals surface area contributed by atoms with Gasteiger partial charge < -0.3 is 4.90 Å². The van der Waals surface area contributed by atoms with Crippen molar-refractivity contribution in [2.24, 2.45) is 0 Å². The Bertz CT molecular complexity index is 817. The lowest BCUT2D eigenvalue weighted by molar-refractivity contribution is 0.0700. The predicted molar refractivity (Wildman–Crippen MR) is 83.4 cm³/mol. The lowest BCUT2D eigenvalue weighted by atomic mass is 9.90. The Hall–Kier alpha value is -2.25. The fourth-order valence-electron chi connectivity index (χ4n) is 3.66. The molecule has 6 nitrogen and oxygen atoms in total. The molecule has 2 aliphatic rings. The Balaban J connectivity index is 1.70. The Kier molecular flexibility index (Phi) is 3.21. The van der Waals surface area contributed by atoms with Crippen molar-refractivity contribution < 1.29 is 14.8 Å². The number of nitrogens with one attached hydrogen (secondary N) is 1. The molecule has 2 atom stereocenters. The first-order chi connectivity index (χ1) is 11.1. The van der Waals surface area contributed by atoms with E-state index >= 15 is 0 Å². The second-order valence-corrected chi connectivity index (χ2v) is 7.08. The number of hydroxylamine groups is 1. The maximum Gasteiger partial charge on any atom is 0.274 e. The van der Waals surface area contributed by atoms with E-state index in [4.69, 9.17) is 5.21 Å². The number of aromatic nitrogens is 1. The van der Waals surface area contributed by atoms with Crippen molar-refractivity contribution >= 4 is 23.2 Å². The standard InChI is InChI=1S/C16H15N3O3S/c1-8-17-7-14(23-8)16(21)19-12-4-5-13(19)11-6-9(15(20)18-22)2-3-10(11)12/h2-3,6-7,12-13,22H,4-5H2,1H3,(H,18,20). The van der Waals surface area contributed by atoms with Crippen LogP contribution < -0.4 is 5.48 Å². The molecule has 1 saturated heterocycles. The average Bonchev–Trinajstić information content (AvgIpc) is 3.26. The van der Waals surface area contributed by atoms with Crippen LogP contribution in [0.4, 0.5) is 0 Å². The van der Waals surface area contributed by atoms with Crippen LogP contribution in [0.5, 0.6) is 0 Å². The van der Waals surface area contributed by atoms with E-state index in [2.05, 4.69) is 4.98 Å². The molecule has 3 heterocycles. The number of rotatable bonds is 2. The van der Waals surface area contributed by atoms with Crippen LogP contribution >= 0.6 is 11.3 Å². The minimum absolute atomic E-state index is 0.00338. The Labute approximate surface area is 136 Å². The summed E-state index contributed by atoms with van der Waals surface area (Å²) >= 11 is 1.41. The summed E-state index contributed by atoms with van der Waals surface area (Å²) in [6.07, 6.45) is 3.47. The third-order valence-corrected chi connectivity index (χ3v) is 5.52. The second kappa shape index (κ2) is 5.14. The zero-order valence-corrected chi connectivity index (χ0v) is 13.3. The number of carbonyl (C=O) groups is 2. The second-order valence-electron chi connectivity index (χ2n) is 5.85. The molecule has 7 heteroatoms. The number of hydrogen-bond donors (Lipinski definition) is 2. The minimum Gasteiger partial charge on any atom is -0.324 e. The van der Waals surface area contributed by atoms with Crippen LogP contribution in [0.25, 0.3) is 0 Å². The molecule has 2 aromatic rings. The summed E-state index contributed by atoms with van der Waals surface area (Å²) in [6.45, 7) is 1.88. The van der Waals surface area contributed by atoms with Gasteiger partial charge in [-0.2, -0.15) is 0 Å². The third kappa shape index (κ3) is 2.08. The number of hydrogen-bond acceptors (Lipinski definition) is 5. The first kappa shape index (κ1) is 14.3. The van der Waals surface area contributed by atoms with Crippen molar-refractivity contribution in [3.05, 3.63) is 51.0 Å². The zero-order valence-electron chi connectivity index (χ0n) is 12.4. The Morgan fingerprint density at radius 2 is 2.04 bits per heavy atom. The van der Waals surface area contributed by atoms with Crippen molar-refractivity contribution in [1.29, 1.82) is 0 Å². The number of fused-ring (bicyclic) bond motifs is 5. The van der Waals surface area contributed by atoms with E-state index in [-0.39, 0.29) is 18.0 Å². The highest BCUT2D eigenvalue weighted by molar-refractivity contribution is 7.13. The fourth-order valence-corrected chi connectivity index (χ4v) is 4.39. The van der Waals surface area contributed by atoms with Gasteiger partial charge in [-0.3, -0.25) is 14.8 Å². The van der Waals surface area contributed by atoms with Crippen LogP contribution in [-0.2, 0) is 0 Å². The summed E-state index contributed by atoms with van der Waals surface area (Å²) < 4.78 is 0. The van der Waals surface area contributed by atoms with Crippen LogP contribution in [0, 0.1) is 6.92 Å². The molecule has 2 N–H and O–H groups in total. The van der Waals surface area contributed by atoms with Gasteiger partial charge >= 0.3 is 0 Å². The molecule has 2 amide bonds. The van der Waals surface area contributed by atoms with Crippen molar-refractivity contribution in [1.82, 2.24) is 15.4 Å². The van der Waals surface area contributed by atoms with Gasteiger partial charge in [-0.05, 0) is 43.0 Å². The smallest absolute Gasteiger partial charge is 0.274 e. The normalized spacial score (nSPS) is 21.4. The quantitative estimate of drug-likeness (QED) is 0.655. The third-order valence-electron chi connectivity index (χ3n) is 4.62. The summed E-state index contributed by atoms with van der Waals surface area (Å²) in [5.41, 5.74) is 4.17. The summed E-state index contributed by atoms with van der Waals surface area (Å²) in [6, 6.07) is 5.42. The van der Waals surface area contributed by atoms with Gasteiger partial charge in [-0.25, -0.2) is 10.5 Å². The van der Waals surface area contributed by atoms with Gasteiger partial charge in [0.1, 0.15) is 4.88 Å². The minimum atomic E-state index is -0.536. The largest absolute Gasteiger partial charge is 0.324 e. The molecule has 1 aromatic heterocycles. The van der Waals surface area contributed by atoms with Crippen LogP contribution in [0.3, 0.4) is 0 Å². The molecule has 2 bridgehead atoms. The molecule has 0 spiro atoms. The summed E-state index contributed by atoms with van der Waals surface area (Å²) in [4.78, 5) is 31.2. The van der Waals surface area contributed by atoms with Gasteiger partial charge in [0.2, 0.25) is 0 Å². The number of aryl methyl sites for hydroxylation is 1. The average molecular weight is 329 g/mol. The van der Waals surface area contributed by atoms with Crippen molar-refractivity contribution in [3.8, 4) is 0 Å². The first-order valence-corrected chi connectivity index (χ1v) is 8.25. The highest BCUT2D eigenvalue weighted by Crippen LogP contribution is 2.53. The molecule has 118 valence electrons. The monoisotopic (exact) mass is 329 g/mol. The molecule has 1 aromatic carbocycles. The fraction of sp³-hybridized carbons (Fsp3) is 0.312. The Morgan fingerprint density at radius 3 is 2.70 bits per heavy atom. The number of nitrogens with zero attached hydrogens (tertiary/aromatic N) is 2. The summed E-state index contributed by atoms with van der Waals surface area (Å²) in [7, 11) is 0. The predicted octanol–water partition coefficient (Wildman–Crippen LogP) is 2.60. The maximum atomic E-state index is 12.8.